The molecule has 1 aliphatic heterocycles. The molecule has 1 heteroatoms. The highest BCUT2D eigenvalue weighted by molar-refractivity contribution is 7.85. The van der Waals surface area contributed by atoms with Gasteiger partial charge in [-0.3, -0.25) is 0 Å². The maximum Gasteiger partial charge on any atom is 0.105 e. The number of benzene rings is 1. The molecule has 122 valence electrons. The number of unbranched alkanes of at least 4 members (excludes halogenated alkanes) is 9. The lowest BCUT2D eigenvalue weighted by Crippen LogP contribution is -2.10. The largest absolute Gasteiger partial charge is 0.105 e. The molecular weight excluding hydrogens is 283 g/mol. The summed E-state index contributed by atoms with van der Waals surface area (Å²) >= 11 is 0. The summed E-state index contributed by atoms with van der Waals surface area (Å²) in [6.45, 7) is 4.81. The maximum absolute atomic E-state index is 2.53. The number of fused-ring (bicyclic) bond motifs is 1. The molecule has 1 heterocycles. The van der Waals surface area contributed by atoms with Crippen molar-refractivity contribution in [3.05, 3.63) is 35.6 Å². The van der Waals surface area contributed by atoms with E-state index in [1.807, 2.05) is 0 Å². The van der Waals surface area contributed by atoms with Crippen LogP contribution in [-0.4, -0.2) is 12.8 Å². The Balaban J connectivity index is 1.55. The fourth-order valence-corrected chi connectivity index (χ4v) is 6.63. The van der Waals surface area contributed by atoms with Gasteiger partial charge in [-0.05, 0) is 25.0 Å². The van der Waals surface area contributed by atoms with Crippen molar-refractivity contribution >= 4 is 18.6 Å². The second kappa shape index (κ2) is 9.51. The quantitative estimate of drug-likeness (QED) is 0.309. The van der Waals surface area contributed by atoms with Crippen LogP contribution in [-0.2, 0) is 0 Å². The number of hydrogen-bond donors (Lipinski definition) is 0. The van der Waals surface area contributed by atoms with Gasteiger partial charge in [0.1, 0.15) is 5.30 Å². The summed E-state index contributed by atoms with van der Waals surface area (Å²) in [5.74, 6) is 2.53. The predicted octanol–water partition coefficient (Wildman–Crippen LogP) is 6.86. The van der Waals surface area contributed by atoms with Crippen LogP contribution in [0.1, 0.15) is 76.7 Å². The van der Waals surface area contributed by atoms with E-state index in [-0.39, 0.29) is 0 Å². The van der Waals surface area contributed by atoms with Crippen LogP contribution in [0.5, 0.6) is 0 Å². The molecule has 0 amide bonds. The Hall–Kier alpha value is -0.610. The van der Waals surface area contributed by atoms with Crippen LogP contribution in [0.25, 0.3) is 6.08 Å². The molecule has 0 fully saturated rings. The first-order valence-corrected chi connectivity index (χ1v) is 11.9. The van der Waals surface area contributed by atoms with Crippen molar-refractivity contribution in [2.75, 3.05) is 12.8 Å². The smallest absolute Gasteiger partial charge is 0.0654 e. The lowest BCUT2D eigenvalue weighted by atomic mass is 10.1. The normalized spacial score (nSPS) is 19.5. The molecule has 0 aliphatic carbocycles. The van der Waals surface area contributed by atoms with Gasteiger partial charge in [0.25, 0.3) is 0 Å². The van der Waals surface area contributed by atoms with E-state index >= 15 is 0 Å². The molecule has 1 unspecified atom stereocenters. The monoisotopic (exact) mass is 317 g/mol. The van der Waals surface area contributed by atoms with Crippen molar-refractivity contribution in [1.29, 1.82) is 0 Å². The summed E-state index contributed by atoms with van der Waals surface area (Å²) < 4.78 is 0. The van der Waals surface area contributed by atoms with Crippen molar-refractivity contribution in [2.45, 2.75) is 71.1 Å². The van der Waals surface area contributed by atoms with E-state index in [1.54, 1.807) is 5.30 Å². The molecule has 1 aromatic carbocycles. The molecule has 0 N–H and O–H groups in total. The maximum atomic E-state index is 2.53. The molecule has 0 radical (unpaired) electrons. The second-order valence-corrected chi connectivity index (χ2v) is 10.8. The van der Waals surface area contributed by atoms with Crippen LogP contribution < -0.4 is 5.30 Å². The van der Waals surface area contributed by atoms with Crippen molar-refractivity contribution in [2.24, 2.45) is 0 Å². The summed E-state index contributed by atoms with van der Waals surface area (Å²) in [7, 11) is -0.965. The van der Waals surface area contributed by atoms with Crippen LogP contribution in [0.4, 0.5) is 0 Å². The Morgan fingerprint density at radius 2 is 1.36 bits per heavy atom. The lowest BCUT2D eigenvalue weighted by Gasteiger charge is -2.16. The molecule has 1 atom stereocenters. The SMILES string of the molecule is CCCCCCCCCCCC[P+]1(C)C=Cc2ccccc21. The Kier molecular flexibility index (Phi) is 7.67. The van der Waals surface area contributed by atoms with Crippen molar-refractivity contribution in [1.82, 2.24) is 0 Å². The predicted molar refractivity (Wildman–Crippen MR) is 105 cm³/mol. The summed E-state index contributed by atoms with van der Waals surface area (Å²) in [4.78, 5) is 0. The molecule has 2 rings (SSSR count). The van der Waals surface area contributed by atoms with Crippen LogP contribution in [0, 0.1) is 0 Å². The van der Waals surface area contributed by atoms with Gasteiger partial charge in [-0.1, -0.05) is 76.5 Å². The first kappa shape index (κ1) is 17.7. The molecule has 0 saturated carbocycles. The van der Waals surface area contributed by atoms with E-state index in [0.29, 0.717) is 0 Å². The minimum atomic E-state index is -0.965. The molecular formula is C21H34P+. The van der Waals surface area contributed by atoms with E-state index in [4.69, 9.17) is 0 Å². The summed E-state index contributed by atoms with van der Waals surface area (Å²) in [5, 5.41) is 1.64. The van der Waals surface area contributed by atoms with E-state index in [2.05, 4.69) is 49.7 Å². The fraction of sp³-hybridized carbons (Fsp3) is 0.619. The van der Waals surface area contributed by atoms with Gasteiger partial charge in [0.15, 0.2) is 0 Å². The Labute approximate surface area is 138 Å². The highest BCUT2D eigenvalue weighted by atomic mass is 31.2. The van der Waals surface area contributed by atoms with Gasteiger partial charge >= 0.3 is 0 Å². The average molecular weight is 317 g/mol. The van der Waals surface area contributed by atoms with Gasteiger partial charge in [-0.15, -0.1) is 0 Å². The number of hydrogen-bond acceptors (Lipinski definition) is 0. The Morgan fingerprint density at radius 1 is 0.773 bits per heavy atom. The van der Waals surface area contributed by atoms with Gasteiger partial charge in [0, 0.05) is 5.56 Å². The minimum absolute atomic E-state index is 0.965. The van der Waals surface area contributed by atoms with Gasteiger partial charge in [-0.2, -0.15) is 0 Å². The molecule has 1 aromatic rings. The summed E-state index contributed by atoms with van der Waals surface area (Å²) in [6, 6.07) is 9.01. The minimum Gasteiger partial charge on any atom is -0.0654 e. The lowest BCUT2D eigenvalue weighted by molar-refractivity contribution is 0.563. The van der Waals surface area contributed by atoms with E-state index in [0.717, 1.165) is 0 Å². The third-order valence-electron chi connectivity index (χ3n) is 5.05. The second-order valence-electron chi connectivity index (χ2n) is 7.05. The van der Waals surface area contributed by atoms with Gasteiger partial charge in [0.05, 0.1) is 25.9 Å². The first-order valence-electron chi connectivity index (χ1n) is 9.40. The van der Waals surface area contributed by atoms with Crippen LogP contribution in [0.3, 0.4) is 0 Å². The highest BCUT2D eigenvalue weighted by Crippen LogP contribution is 2.60. The van der Waals surface area contributed by atoms with Gasteiger partial charge in [-0.25, -0.2) is 0 Å². The van der Waals surface area contributed by atoms with Crippen LogP contribution in [0.15, 0.2) is 30.1 Å². The highest BCUT2D eigenvalue weighted by Gasteiger charge is 2.36. The Bertz CT molecular complexity index is 463. The third kappa shape index (κ3) is 5.24. The van der Waals surface area contributed by atoms with Crippen molar-refractivity contribution in [3.63, 3.8) is 0 Å². The zero-order valence-electron chi connectivity index (χ0n) is 14.7. The Morgan fingerprint density at radius 3 is 2.05 bits per heavy atom. The standard InChI is InChI=1S/C21H34P/c1-3-4-5-6-7-8-9-10-11-14-18-22(2)19-17-20-15-12-13-16-21(20)22/h12-13,15-17,19H,3-11,14,18H2,1-2H3/q+1. The van der Waals surface area contributed by atoms with Crippen LogP contribution >= 0.6 is 7.26 Å². The molecule has 0 aromatic heterocycles. The molecule has 0 spiro atoms. The van der Waals surface area contributed by atoms with Crippen molar-refractivity contribution < 1.29 is 0 Å². The molecule has 0 nitrogen and oxygen atoms in total. The van der Waals surface area contributed by atoms with E-state index < -0.39 is 7.26 Å². The van der Waals surface area contributed by atoms with E-state index in [1.165, 1.54) is 75.9 Å². The zero-order valence-corrected chi connectivity index (χ0v) is 15.6. The van der Waals surface area contributed by atoms with Crippen LogP contribution in [0.2, 0.25) is 0 Å². The topological polar surface area (TPSA) is 0 Å². The summed E-state index contributed by atoms with van der Waals surface area (Å²) in [5.41, 5.74) is 1.48. The van der Waals surface area contributed by atoms with E-state index in [9.17, 15) is 0 Å². The molecule has 1 aliphatic rings. The van der Waals surface area contributed by atoms with Gasteiger partial charge < -0.3 is 0 Å². The first-order chi connectivity index (χ1) is 10.8. The molecule has 22 heavy (non-hydrogen) atoms. The fourth-order valence-electron chi connectivity index (χ4n) is 3.54. The molecule has 0 saturated heterocycles. The molecule has 0 bridgehead atoms. The van der Waals surface area contributed by atoms with Gasteiger partial charge in [0.2, 0.25) is 0 Å². The summed E-state index contributed by atoms with van der Waals surface area (Å²) in [6.07, 6.45) is 18.1. The average Bonchev–Trinajstić information content (AvgIpc) is 2.87. The zero-order chi connectivity index (χ0) is 15.7. The number of rotatable bonds is 11. The third-order valence-corrected chi connectivity index (χ3v) is 8.61. The van der Waals surface area contributed by atoms with Crippen molar-refractivity contribution in [3.8, 4) is 0 Å².